The van der Waals surface area contributed by atoms with Crippen LogP contribution in [0.4, 0.5) is 0 Å². The second kappa shape index (κ2) is 5.37. The number of allylic oxidation sites excluding steroid dienone is 2. The third kappa shape index (κ3) is 2.25. The Hall–Kier alpha value is -2.08. The summed E-state index contributed by atoms with van der Waals surface area (Å²) in [6.45, 7) is 0. The number of hydrogen-bond donors (Lipinski definition) is 1. The molecule has 0 spiro atoms. The van der Waals surface area contributed by atoms with Crippen molar-refractivity contribution < 1.29 is 19.1 Å². The van der Waals surface area contributed by atoms with Gasteiger partial charge in [0, 0.05) is 23.3 Å². The van der Waals surface area contributed by atoms with Crippen LogP contribution in [0.3, 0.4) is 0 Å². The Balaban J connectivity index is 2.17. The van der Waals surface area contributed by atoms with Crippen LogP contribution >= 0.6 is 11.3 Å². The predicted octanol–water partition coefficient (Wildman–Crippen LogP) is 2.21. The fourth-order valence-electron chi connectivity index (χ4n) is 2.81. The van der Waals surface area contributed by atoms with E-state index in [0.29, 0.717) is 24.2 Å². The number of thiophene rings is 1. The van der Waals surface area contributed by atoms with Crippen molar-refractivity contribution in [3.8, 4) is 0 Å². The van der Waals surface area contributed by atoms with E-state index in [1.165, 1.54) is 18.4 Å². The molecule has 1 aromatic rings. The van der Waals surface area contributed by atoms with Crippen LogP contribution in [0.2, 0.25) is 0 Å². The average molecular weight is 305 g/mol. The van der Waals surface area contributed by atoms with Crippen LogP contribution in [0.5, 0.6) is 0 Å². The molecule has 0 aromatic carbocycles. The first kappa shape index (κ1) is 13.9. The Kier molecular flexibility index (Phi) is 3.55. The maximum atomic E-state index is 12.3. The Morgan fingerprint density at radius 3 is 2.95 bits per heavy atom. The molecule has 1 aliphatic heterocycles. The van der Waals surface area contributed by atoms with Crippen molar-refractivity contribution in [1.82, 2.24) is 0 Å². The molecule has 2 aliphatic rings. The summed E-state index contributed by atoms with van der Waals surface area (Å²) in [5.74, 6) is -0.392. The van der Waals surface area contributed by atoms with Gasteiger partial charge in [-0.3, -0.25) is 4.79 Å². The molecule has 5 nitrogen and oxygen atoms in total. The van der Waals surface area contributed by atoms with Crippen LogP contribution in [-0.4, -0.2) is 18.9 Å². The minimum Gasteiger partial charge on any atom is -0.465 e. The predicted molar refractivity (Wildman–Crippen MR) is 77.3 cm³/mol. The van der Waals surface area contributed by atoms with Crippen molar-refractivity contribution in [2.24, 2.45) is 5.73 Å². The largest absolute Gasteiger partial charge is 0.465 e. The fourth-order valence-corrected chi connectivity index (χ4v) is 3.65. The average Bonchev–Trinajstić information content (AvgIpc) is 2.99. The SMILES string of the molecule is COC(=O)C1=C(N)OC2=C(C(=O)CCC2)[C@H]1c1cccs1. The highest BCUT2D eigenvalue weighted by molar-refractivity contribution is 7.10. The maximum absolute atomic E-state index is 12.3. The minimum atomic E-state index is -0.559. The lowest BCUT2D eigenvalue weighted by Gasteiger charge is -2.31. The van der Waals surface area contributed by atoms with Crippen LogP contribution in [0.25, 0.3) is 0 Å². The second-order valence-electron chi connectivity index (χ2n) is 4.93. The number of nitrogens with two attached hydrogens (primary N) is 1. The van der Waals surface area contributed by atoms with E-state index in [1.807, 2.05) is 17.5 Å². The van der Waals surface area contributed by atoms with E-state index in [0.717, 1.165) is 11.3 Å². The molecular formula is C15H15NO4S. The number of hydrogen-bond acceptors (Lipinski definition) is 6. The summed E-state index contributed by atoms with van der Waals surface area (Å²) in [6.07, 6.45) is 1.88. The van der Waals surface area contributed by atoms with E-state index in [-0.39, 0.29) is 17.2 Å². The highest BCUT2D eigenvalue weighted by atomic mass is 32.1. The van der Waals surface area contributed by atoms with Crippen LogP contribution in [-0.2, 0) is 19.1 Å². The van der Waals surface area contributed by atoms with Gasteiger partial charge in [-0.25, -0.2) is 4.79 Å². The maximum Gasteiger partial charge on any atom is 0.340 e. The second-order valence-corrected chi connectivity index (χ2v) is 5.91. The summed E-state index contributed by atoms with van der Waals surface area (Å²) in [5, 5.41) is 1.91. The highest BCUT2D eigenvalue weighted by Crippen LogP contribution is 2.45. The van der Waals surface area contributed by atoms with Crippen molar-refractivity contribution in [2.75, 3.05) is 7.11 Å². The first-order valence-corrected chi connectivity index (χ1v) is 7.57. The van der Waals surface area contributed by atoms with Gasteiger partial charge >= 0.3 is 5.97 Å². The lowest BCUT2D eigenvalue weighted by molar-refractivity contribution is -0.136. The summed E-state index contributed by atoms with van der Waals surface area (Å²) >= 11 is 1.48. The number of ether oxygens (including phenoxy) is 2. The van der Waals surface area contributed by atoms with Gasteiger partial charge in [-0.1, -0.05) is 6.07 Å². The third-order valence-electron chi connectivity index (χ3n) is 3.72. The summed E-state index contributed by atoms with van der Waals surface area (Å²) in [7, 11) is 1.29. The van der Waals surface area contributed by atoms with Gasteiger partial charge < -0.3 is 15.2 Å². The molecule has 0 bridgehead atoms. The first-order chi connectivity index (χ1) is 10.1. The number of rotatable bonds is 2. The zero-order chi connectivity index (χ0) is 15.0. The highest BCUT2D eigenvalue weighted by Gasteiger charge is 2.41. The van der Waals surface area contributed by atoms with Gasteiger partial charge in [0.05, 0.1) is 13.0 Å². The number of esters is 1. The molecule has 0 radical (unpaired) electrons. The van der Waals surface area contributed by atoms with Crippen molar-refractivity contribution >= 4 is 23.1 Å². The zero-order valence-electron chi connectivity index (χ0n) is 11.5. The van der Waals surface area contributed by atoms with Crippen molar-refractivity contribution in [1.29, 1.82) is 0 Å². The summed E-state index contributed by atoms with van der Waals surface area (Å²) in [6, 6.07) is 3.78. The Labute approximate surface area is 126 Å². The van der Waals surface area contributed by atoms with Crippen LogP contribution in [0.15, 0.2) is 40.3 Å². The van der Waals surface area contributed by atoms with E-state index < -0.39 is 11.9 Å². The number of ketones is 1. The Morgan fingerprint density at radius 1 is 1.48 bits per heavy atom. The number of methoxy groups -OCH3 is 1. The van der Waals surface area contributed by atoms with Gasteiger partial charge in [0.15, 0.2) is 5.78 Å². The molecule has 6 heteroatoms. The topological polar surface area (TPSA) is 78.6 Å². The molecule has 0 unspecified atom stereocenters. The quantitative estimate of drug-likeness (QED) is 0.848. The molecular weight excluding hydrogens is 290 g/mol. The number of carbonyl (C=O) groups is 2. The molecule has 0 saturated heterocycles. The molecule has 110 valence electrons. The van der Waals surface area contributed by atoms with Gasteiger partial charge in [0.2, 0.25) is 5.88 Å². The van der Waals surface area contributed by atoms with Gasteiger partial charge in [0.1, 0.15) is 11.3 Å². The molecule has 0 amide bonds. The molecule has 0 fully saturated rings. The molecule has 3 rings (SSSR count). The van der Waals surface area contributed by atoms with E-state index in [9.17, 15) is 9.59 Å². The molecule has 1 aliphatic carbocycles. The van der Waals surface area contributed by atoms with Gasteiger partial charge in [-0.05, 0) is 17.9 Å². The van der Waals surface area contributed by atoms with E-state index >= 15 is 0 Å². The summed E-state index contributed by atoms with van der Waals surface area (Å²) in [4.78, 5) is 25.3. The smallest absolute Gasteiger partial charge is 0.340 e. The number of Topliss-reactive ketones (excluding diaryl/α,β-unsaturated/α-hetero) is 1. The molecule has 2 N–H and O–H groups in total. The standard InChI is InChI=1S/C15H15NO4S/c1-19-15(18)13-12(10-6-3-7-21-10)11-8(17)4-2-5-9(11)20-14(13)16/h3,6-7,12H,2,4-5,16H2,1H3/t12-/m1/s1. The van der Waals surface area contributed by atoms with Crippen molar-refractivity contribution in [3.63, 3.8) is 0 Å². The molecule has 1 atom stereocenters. The van der Waals surface area contributed by atoms with Crippen molar-refractivity contribution in [2.45, 2.75) is 25.2 Å². The first-order valence-electron chi connectivity index (χ1n) is 6.69. The van der Waals surface area contributed by atoms with Crippen molar-refractivity contribution in [3.05, 3.63) is 45.2 Å². The Bertz CT molecular complexity index is 657. The van der Waals surface area contributed by atoms with Gasteiger partial charge in [-0.2, -0.15) is 0 Å². The van der Waals surface area contributed by atoms with Crippen LogP contribution in [0, 0.1) is 0 Å². The molecule has 0 saturated carbocycles. The lowest BCUT2D eigenvalue weighted by atomic mass is 9.80. The molecule has 1 aromatic heterocycles. The van der Waals surface area contributed by atoms with E-state index in [1.54, 1.807) is 0 Å². The zero-order valence-corrected chi connectivity index (χ0v) is 12.4. The van der Waals surface area contributed by atoms with Crippen LogP contribution < -0.4 is 5.73 Å². The van der Waals surface area contributed by atoms with Gasteiger partial charge in [-0.15, -0.1) is 11.3 Å². The van der Waals surface area contributed by atoms with Crippen LogP contribution in [0.1, 0.15) is 30.1 Å². The van der Waals surface area contributed by atoms with E-state index in [2.05, 4.69) is 0 Å². The van der Waals surface area contributed by atoms with E-state index in [4.69, 9.17) is 15.2 Å². The number of carbonyl (C=O) groups excluding carboxylic acids is 2. The lowest BCUT2D eigenvalue weighted by Crippen LogP contribution is -2.30. The molecule has 21 heavy (non-hydrogen) atoms. The minimum absolute atomic E-state index is 0.0172. The summed E-state index contributed by atoms with van der Waals surface area (Å²) in [5.41, 5.74) is 6.69. The third-order valence-corrected chi connectivity index (χ3v) is 4.65. The normalized spacial score (nSPS) is 22.0. The fraction of sp³-hybridized carbons (Fsp3) is 0.333. The monoisotopic (exact) mass is 305 g/mol. The Morgan fingerprint density at radius 2 is 2.29 bits per heavy atom. The van der Waals surface area contributed by atoms with Gasteiger partial charge in [0.25, 0.3) is 0 Å². The summed E-state index contributed by atoms with van der Waals surface area (Å²) < 4.78 is 10.4. The molecule has 2 heterocycles.